The van der Waals surface area contributed by atoms with Gasteiger partial charge in [-0.25, -0.2) is 0 Å². The third-order valence-corrected chi connectivity index (χ3v) is 1.97. The van der Waals surface area contributed by atoms with Gasteiger partial charge in [-0.05, 0) is 19.1 Å². The smallest absolute Gasteiger partial charge is 0.156 e. The first-order chi connectivity index (χ1) is 7.17. The normalized spacial score (nSPS) is 11.6. The molecule has 1 rings (SSSR count). The fraction of sp³-hybridized carbons (Fsp3) is 0.200. The van der Waals surface area contributed by atoms with Gasteiger partial charge in [-0.3, -0.25) is 5.43 Å². The van der Waals surface area contributed by atoms with Crippen LogP contribution in [0.2, 0.25) is 5.02 Å². The van der Waals surface area contributed by atoms with Crippen LogP contribution in [0.15, 0.2) is 18.2 Å². The van der Waals surface area contributed by atoms with Crippen molar-refractivity contribution in [1.82, 2.24) is 5.65 Å². The molecule has 1 atom stereocenters. The molecule has 0 aliphatic carbocycles. The maximum atomic E-state index is 11.8. The third-order valence-electron chi connectivity index (χ3n) is 1.66. The summed E-state index contributed by atoms with van der Waals surface area (Å²) in [5.74, 6) is 2.81. The number of anilines is 1. The van der Waals surface area contributed by atoms with E-state index in [0.717, 1.165) is 0 Å². The Bertz CT molecular complexity index is 378. The van der Waals surface area contributed by atoms with Crippen molar-refractivity contribution in [3.8, 4) is 18.1 Å². The van der Waals surface area contributed by atoms with E-state index in [1.165, 1.54) is 5.65 Å². The summed E-state index contributed by atoms with van der Waals surface area (Å²) in [6, 6.07) is 4.73. The quantitative estimate of drug-likeness (QED) is 0.472. The minimum atomic E-state index is -0.393. The van der Waals surface area contributed by atoms with Crippen LogP contribution in [0.4, 0.5) is 10.2 Å². The molecule has 0 spiro atoms. The largest absolute Gasteiger partial charge is 0.476 e. The summed E-state index contributed by atoms with van der Waals surface area (Å²) in [7, 11) is 0. The van der Waals surface area contributed by atoms with Crippen molar-refractivity contribution < 1.29 is 9.22 Å². The van der Waals surface area contributed by atoms with Crippen LogP contribution in [0.25, 0.3) is 0 Å². The second kappa shape index (κ2) is 5.44. The molecule has 1 aromatic carbocycles. The minimum Gasteiger partial charge on any atom is -0.476 e. The number of rotatable bonds is 4. The zero-order valence-corrected chi connectivity index (χ0v) is 8.81. The lowest BCUT2D eigenvalue weighted by Gasteiger charge is -2.12. The molecule has 15 heavy (non-hydrogen) atoms. The Kier molecular flexibility index (Phi) is 4.22. The molecule has 1 unspecified atom stereocenters. The van der Waals surface area contributed by atoms with Gasteiger partial charge >= 0.3 is 0 Å². The molecule has 5 heteroatoms. The van der Waals surface area contributed by atoms with E-state index >= 15 is 0 Å². The highest BCUT2D eigenvalue weighted by atomic mass is 35.5. The van der Waals surface area contributed by atoms with Gasteiger partial charge in [0.15, 0.2) is 6.10 Å². The number of terminal acetylenes is 1. The van der Waals surface area contributed by atoms with Gasteiger partial charge in [0.25, 0.3) is 0 Å². The second-order valence-electron chi connectivity index (χ2n) is 2.79. The van der Waals surface area contributed by atoms with E-state index in [4.69, 9.17) is 22.8 Å². The number of benzene rings is 1. The van der Waals surface area contributed by atoms with Crippen LogP contribution >= 0.6 is 11.6 Å². The van der Waals surface area contributed by atoms with Gasteiger partial charge in [0, 0.05) is 6.07 Å². The molecular weight excluding hydrogens is 219 g/mol. The topological polar surface area (TPSA) is 33.3 Å². The van der Waals surface area contributed by atoms with Crippen molar-refractivity contribution in [2.75, 3.05) is 5.43 Å². The molecule has 2 N–H and O–H groups in total. The van der Waals surface area contributed by atoms with Crippen molar-refractivity contribution in [1.29, 1.82) is 0 Å². The third kappa shape index (κ3) is 3.31. The summed E-state index contributed by atoms with van der Waals surface area (Å²) in [5.41, 5.74) is 4.06. The van der Waals surface area contributed by atoms with Crippen LogP contribution in [0.3, 0.4) is 0 Å². The fourth-order valence-electron chi connectivity index (χ4n) is 0.950. The Labute approximate surface area is 92.5 Å². The summed E-state index contributed by atoms with van der Waals surface area (Å²) >= 11 is 5.86. The highest BCUT2D eigenvalue weighted by Gasteiger charge is 2.06. The van der Waals surface area contributed by atoms with E-state index in [9.17, 15) is 4.48 Å². The van der Waals surface area contributed by atoms with Gasteiger partial charge in [0.2, 0.25) is 0 Å². The van der Waals surface area contributed by atoms with Gasteiger partial charge in [0.05, 0.1) is 10.7 Å². The first-order valence-electron chi connectivity index (χ1n) is 4.21. The van der Waals surface area contributed by atoms with Crippen molar-refractivity contribution in [2.45, 2.75) is 13.0 Å². The Morgan fingerprint density at radius 1 is 1.60 bits per heavy atom. The Morgan fingerprint density at radius 2 is 2.33 bits per heavy atom. The molecule has 3 nitrogen and oxygen atoms in total. The van der Waals surface area contributed by atoms with E-state index in [1.807, 2.05) is 0 Å². The van der Waals surface area contributed by atoms with Crippen LogP contribution < -0.4 is 15.8 Å². The number of hydrogen-bond acceptors (Lipinski definition) is 3. The summed E-state index contributed by atoms with van der Waals surface area (Å²) in [6.07, 6.45) is 4.77. The van der Waals surface area contributed by atoms with Crippen molar-refractivity contribution in [2.24, 2.45) is 0 Å². The summed E-state index contributed by atoms with van der Waals surface area (Å²) in [6.45, 7) is 1.71. The van der Waals surface area contributed by atoms with Crippen LogP contribution in [0.1, 0.15) is 6.92 Å². The van der Waals surface area contributed by atoms with E-state index in [2.05, 4.69) is 11.3 Å². The molecule has 0 bridgehead atoms. The lowest BCUT2D eigenvalue weighted by molar-refractivity contribution is 0.279. The number of ether oxygens (including phenoxy) is 1. The van der Waals surface area contributed by atoms with Crippen molar-refractivity contribution >= 4 is 17.3 Å². The molecule has 0 fully saturated rings. The average Bonchev–Trinajstić information content (AvgIpc) is 2.23. The zero-order chi connectivity index (χ0) is 11.3. The maximum absolute atomic E-state index is 11.8. The zero-order valence-electron chi connectivity index (χ0n) is 8.05. The van der Waals surface area contributed by atoms with Crippen LogP contribution in [-0.4, -0.2) is 6.10 Å². The molecule has 0 aromatic heterocycles. The molecule has 0 radical (unpaired) electrons. The highest BCUT2D eigenvalue weighted by molar-refractivity contribution is 6.32. The van der Waals surface area contributed by atoms with Gasteiger partial charge in [-0.1, -0.05) is 23.2 Å². The first kappa shape index (κ1) is 11.6. The highest BCUT2D eigenvalue weighted by Crippen LogP contribution is 2.28. The summed E-state index contributed by atoms with van der Waals surface area (Å²) in [5, 5.41) is 0.418. The first-order valence-corrected chi connectivity index (χ1v) is 4.59. The number of hydrazine groups is 1. The predicted molar refractivity (Wildman–Crippen MR) is 58.2 cm³/mol. The number of halogens is 2. The Balaban J connectivity index is 2.86. The molecule has 1 aromatic rings. The van der Waals surface area contributed by atoms with Crippen LogP contribution in [0.5, 0.6) is 5.75 Å². The molecular formula is C10H10ClFN2O. The molecule has 0 aliphatic heterocycles. The monoisotopic (exact) mass is 228 g/mol. The molecule has 80 valence electrons. The van der Waals surface area contributed by atoms with E-state index < -0.39 is 6.10 Å². The lowest BCUT2D eigenvalue weighted by atomic mass is 10.3. The maximum Gasteiger partial charge on any atom is 0.156 e. The van der Waals surface area contributed by atoms with Crippen molar-refractivity contribution in [3.05, 3.63) is 23.2 Å². The molecule has 0 saturated heterocycles. The van der Waals surface area contributed by atoms with E-state index in [1.54, 1.807) is 25.1 Å². The Morgan fingerprint density at radius 3 is 2.93 bits per heavy atom. The lowest BCUT2D eigenvalue weighted by Crippen LogP contribution is -2.11. The SMILES string of the molecule is C#CC(C)Oc1cc(NNF)ccc1Cl. The molecule has 0 aliphatic rings. The van der Waals surface area contributed by atoms with Gasteiger partial charge in [-0.15, -0.1) is 10.9 Å². The fourth-order valence-corrected chi connectivity index (χ4v) is 1.11. The molecule has 0 saturated carbocycles. The summed E-state index contributed by atoms with van der Waals surface area (Å²) < 4.78 is 17.1. The number of hydrogen-bond donors (Lipinski definition) is 2. The standard InChI is InChI=1S/C10H10ClFN2O/c1-3-7(2)15-10-6-8(13-14-12)4-5-9(10)11/h1,4-7,13-14H,2H3. The van der Waals surface area contributed by atoms with Gasteiger partial charge in [-0.2, -0.15) is 0 Å². The average molecular weight is 229 g/mol. The van der Waals surface area contributed by atoms with E-state index in [0.29, 0.717) is 16.5 Å². The van der Waals surface area contributed by atoms with E-state index in [-0.39, 0.29) is 0 Å². The van der Waals surface area contributed by atoms with Crippen LogP contribution in [0, 0.1) is 12.3 Å². The Hall–Kier alpha value is -1.44. The van der Waals surface area contributed by atoms with Crippen LogP contribution in [-0.2, 0) is 0 Å². The number of nitrogens with one attached hydrogen (secondary N) is 2. The van der Waals surface area contributed by atoms with Gasteiger partial charge in [0.1, 0.15) is 5.75 Å². The minimum absolute atomic E-state index is 0.393. The molecule has 0 heterocycles. The summed E-state index contributed by atoms with van der Waals surface area (Å²) in [4.78, 5) is 0. The predicted octanol–water partition coefficient (Wildman–Crippen LogP) is 2.54. The van der Waals surface area contributed by atoms with Gasteiger partial charge < -0.3 is 4.74 Å². The molecule has 0 amide bonds. The van der Waals surface area contributed by atoms with Crippen molar-refractivity contribution in [3.63, 3.8) is 0 Å². The second-order valence-corrected chi connectivity index (χ2v) is 3.20.